The monoisotopic (exact) mass is 426 g/mol. The van der Waals surface area contributed by atoms with Gasteiger partial charge in [0.15, 0.2) is 0 Å². The second-order valence-electron chi connectivity index (χ2n) is 7.81. The fraction of sp³-hybridized carbons (Fsp3) is 0.286. The van der Waals surface area contributed by atoms with Crippen molar-refractivity contribution in [3.8, 4) is 34.0 Å². The van der Waals surface area contributed by atoms with E-state index in [1.807, 2.05) is 60.7 Å². The molecule has 4 rings (SSSR count). The van der Waals surface area contributed by atoms with Gasteiger partial charge in [0, 0.05) is 11.1 Å². The van der Waals surface area contributed by atoms with E-state index in [9.17, 15) is 0 Å². The lowest BCUT2D eigenvalue weighted by Crippen LogP contribution is -2.02. The third-order valence-corrected chi connectivity index (χ3v) is 5.37. The highest BCUT2D eigenvalue weighted by Crippen LogP contribution is 2.39. The molecule has 0 amide bonds. The molecule has 3 aromatic carbocycles. The molecule has 0 aliphatic carbocycles. The number of benzene rings is 3. The van der Waals surface area contributed by atoms with Crippen molar-refractivity contribution in [2.24, 2.45) is 0 Å². The van der Waals surface area contributed by atoms with Crippen molar-refractivity contribution in [2.45, 2.75) is 39.5 Å². The van der Waals surface area contributed by atoms with E-state index in [0.717, 1.165) is 70.7 Å². The molecule has 0 saturated carbocycles. The molecule has 1 aromatic heterocycles. The number of fused-ring (bicyclic) bond motifs is 1. The number of hydrogen-bond donors (Lipinski definition) is 0. The van der Waals surface area contributed by atoms with Crippen LogP contribution < -0.4 is 9.47 Å². The molecular formula is C28H30N2O2. The van der Waals surface area contributed by atoms with Crippen LogP contribution in [0.3, 0.4) is 0 Å². The van der Waals surface area contributed by atoms with Gasteiger partial charge in [0.25, 0.3) is 0 Å². The van der Waals surface area contributed by atoms with E-state index >= 15 is 0 Å². The zero-order chi connectivity index (χ0) is 22.2. The number of nitrogens with zero attached hydrogens (tertiary/aromatic N) is 2. The maximum absolute atomic E-state index is 6.15. The molecule has 32 heavy (non-hydrogen) atoms. The van der Waals surface area contributed by atoms with Crippen molar-refractivity contribution in [1.29, 1.82) is 0 Å². The van der Waals surface area contributed by atoms with Crippen LogP contribution in [0.1, 0.15) is 39.5 Å². The Balaban J connectivity index is 1.87. The Morgan fingerprint density at radius 1 is 0.562 bits per heavy atom. The van der Waals surface area contributed by atoms with Crippen molar-refractivity contribution in [3.05, 3.63) is 72.8 Å². The zero-order valence-corrected chi connectivity index (χ0v) is 18.9. The molecule has 164 valence electrons. The van der Waals surface area contributed by atoms with Crippen molar-refractivity contribution in [3.63, 3.8) is 0 Å². The molecule has 0 atom stereocenters. The van der Waals surface area contributed by atoms with Crippen LogP contribution in [0.25, 0.3) is 33.5 Å². The summed E-state index contributed by atoms with van der Waals surface area (Å²) in [6.45, 7) is 5.69. The van der Waals surface area contributed by atoms with E-state index in [1.54, 1.807) is 0 Å². The van der Waals surface area contributed by atoms with Crippen LogP contribution in [0, 0.1) is 0 Å². The van der Waals surface area contributed by atoms with Gasteiger partial charge in [0.2, 0.25) is 0 Å². The Bertz CT molecular complexity index is 1080. The minimum absolute atomic E-state index is 0.681. The first-order chi connectivity index (χ1) is 15.8. The molecule has 0 fully saturated rings. The minimum atomic E-state index is 0.681. The first kappa shape index (κ1) is 21.8. The van der Waals surface area contributed by atoms with Gasteiger partial charge >= 0.3 is 0 Å². The molecule has 4 heteroatoms. The number of aromatic nitrogens is 2. The van der Waals surface area contributed by atoms with Gasteiger partial charge in [-0.2, -0.15) is 0 Å². The fourth-order valence-electron chi connectivity index (χ4n) is 3.60. The van der Waals surface area contributed by atoms with Gasteiger partial charge in [0.1, 0.15) is 22.9 Å². The van der Waals surface area contributed by atoms with Gasteiger partial charge in [-0.25, -0.2) is 9.97 Å². The largest absolute Gasteiger partial charge is 0.493 e. The van der Waals surface area contributed by atoms with E-state index in [0.29, 0.717) is 13.2 Å². The summed E-state index contributed by atoms with van der Waals surface area (Å²) in [5.74, 6) is 1.66. The summed E-state index contributed by atoms with van der Waals surface area (Å²) in [7, 11) is 0. The molecule has 0 N–H and O–H groups in total. The summed E-state index contributed by atoms with van der Waals surface area (Å²) in [5, 5.41) is 0. The predicted molar refractivity (Wildman–Crippen MR) is 131 cm³/mol. The molecule has 0 unspecified atom stereocenters. The first-order valence-corrected chi connectivity index (χ1v) is 11.5. The molecule has 0 spiro atoms. The number of hydrogen-bond acceptors (Lipinski definition) is 4. The SMILES string of the molecule is CCCCOc1ccccc1-c1nc2ccccc2nc1-c1ccccc1OCCCC. The second kappa shape index (κ2) is 10.8. The Kier molecular flexibility index (Phi) is 7.34. The van der Waals surface area contributed by atoms with Gasteiger partial charge in [-0.3, -0.25) is 0 Å². The summed E-state index contributed by atoms with van der Waals surface area (Å²) in [6, 6.07) is 24.2. The quantitative estimate of drug-likeness (QED) is 0.249. The zero-order valence-electron chi connectivity index (χ0n) is 18.9. The molecular weight excluding hydrogens is 396 g/mol. The highest BCUT2D eigenvalue weighted by Gasteiger charge is 2.19. The second-order valence-corrected chi connectivity index (χ2v) is 7.81. The van der Waals surface area contributed by atoms with Crippen LogP contribution in [-0.2, 0) is 0 Å². The average molecular weight is 427 g/mol. The highest BCUT2D eigenvalue weighted by atomic mass is 16.5. The summed E-state index contributed by atoms with van der Waals surface area (Å²) in [4.78, 5) is 10.1. The Hall–Kier alpha value is -3.40. The molecule has 4 nitrogen and oxygen atoms in total. The van der Waals surface area contributed by atoms with Crippen LogP contribution in [0.15, 0.2) is 72.8 Å². The molecule has 0 radical (unpaired) electrons. The molecule has 0 saturated heterocycles. The average Bonchev–Trinajstić information content (AvgIpc) is 2.84. The highest BCUT2D eigenvalue weighted by molar-refractivity contribution is 5.89. The third-order valence-electron chi connectivity index (χ3n) is 5.37. The molecule has 0 bridgehead atoms. The van der Waals surface area contributed by atoms with Crippen molar-refractivity contribution >= 4 is 11.0 Å². The lowest BCUT2D eigenvalue weighted by molar-refractivity contribution is 0.310. The number of unbranched alkanes of at least 4 members (excludes halogenated alkanes) is 2. The Labute approximate surface area is 190 Å². The van der Waals surface area contributed by atoms with E-state index < -0.39 is 0 Å². The van der Waals surface area contributed by atoms with Gasteiger partial charge < -0.3 is 9.47 Å². The van der Waals surface area contributed by atoms with E-state index in [1.165, 1.54) is 0 Å². The summed E-state index contributed by atoms with van der Waals surface area (Å²) in [5.41, 5.74) is 5.23. The summed E-state index contributed by atoms with van der Waals surface area (Å²) < 4.78 is 12.3. The van der Waals surface area contributed by atoms with E-state index in [-0.39, 0.29) is 0 Å². The Morgan fingerprint density at radius 3 is 1.41 bits per heavy atom. The van der Waals surface area contributed by atoms with Crippen LogP contribution in [0.5, 0.6) is 11.5 Å². The normalized spacial score (nSPS) is 10.9. The van der Waals surface area contributed by atoms with Crippen LogP contribution >= 0.6 is 0 Å². The molecule has 0 aliphatic heterocycles. The number of para-hydroxylation sites is 4. The summed E-state index contributed by atoms with van der Waals surface area (Å²) in [6.07, 6.45) is 4.20. The number of ether oxygens (including phenoxy) is 2. The van der Waals surface area contributed by atoms with Gasteiger partial charge in [-0.15, -0.1) is 0 Å². The van der Waals surface area contributed by atoms with Crippen LogP contribution in [0.4, 0.5) is 0 Å². The van der Waals surface area contributed by atoms with Gasteiger partial charge in [-0.1, -0.05) is 63.1 Å². The smallest absolute Gasteiger partial charge is 0.128 e. The fourth-order valence-corrected chi connectivity index (χ4v) is 3.60. The topological polar surface area (TPSA) is 44.2 Å². The summed E-state index contributed by atoms with van der Waals surface area (Å²) >= 11 is 0. The van der Waals surface area contributed by atoms with E-state index in [4.69, 9.17) is 19.4 Å². The van der Waals surface area contributed by atoms with Gasteiger partial charge in [-0.05, 0) is 49.2 Å². The van der Waals surface area contributed by atoms with E-state index in [2.05, 4.69) is 26.0 Å². The van der Waals surface area contributed by atoms with Crippen molar-refractivity contribution in [1.82, 2.24) is 9.97 Å². The number of rotatable bonds is 10. The van der Waals surface area contributed by atoms with Gasteiger partial charge in [0.05, 0.1) is 24.2 Å². The Morgan fingerprint density at radius 2 is 0.969 bits per heavy atom. The lowest BCUT2D eigenvalue weighted by atomic mass is 10.0. The predicted octanol–water partition coefficient (Wildman–Crippen LogP) is 7.32. The molecule has 1 heterocycles. The molecule has 4 aromatic rings. The first-order valence-electron chi connectivity index (χ1n) is 11.5. The third kappa shape index (κ3) is 4.91. The molecule has 0 aliphatic rings. The maximum Gasteiger partial charge on any atom is 0.128 e. The maximum atomic E-state index is 6.15. The standard InChI is InChI=1S/C28H30N2O2/c1-3-5-19-31-25-17-11-7-13-21(25)27-28(30-24-16-10-9-15-23(24)29-27)22-14-8-12-18-26(22)32-20-6-4-2/h7-18H,3-6,19-20H2,1-2H3. The van der Waals surface area contributed by atoms with Crippen molar-refractivity contribution < 1.29 is 9.47 Å². The lowest BCUT2D eigenvalue weighted by Gasteiger charge is -2.16. The van der Waals surface area contributed by atoms with Crippen LogP contribution in [-0.4, -0.2) is 23.2 Å². The minimum Gasteiger partial charge on any atom is -0.493 e. The van der Waals surface area contributed by atoms with Crippen molar-refractivity contribution in [2.75, 3.05) is 13.2 Å². The van der Waals surface area contributed by atoms with Crippen LogP contribution in [0.2, 0.25) is 0 Å².